The van der Waals surface area contributed by atoms with E-state index in [4.69, 9.17) is 9.84 Å². The summed E-state index contributed by atoms with van der Waals surface area (Å²) < 4.78 is 18.2. The molecule has 0 saturated heterocycles. The standard InChI is InChI=1S/C12H25FO2/c1-12(2,3)15-9-7-5-4-6-8-11(13)10-14/h11,14H,4-10H2,1-3H3. The minimum Gasteiger partial charge on any atom is -0.393 e. The maximum Gasteiger partial charge on any atom is 0.123 e. The molecular formula is C12H25FO2. The van der Waals surface area contributed by atoms with Crippen molar-refractivity contribution in [3.05, 3.63) is 0 Å². The Labute approximate surface area is 92.8 Å². The van der Waals surface area contributed by atoms with Crippen molar-refractivity contribution < 1.29 is 14.2 Å². The number of hydrogen-bond donors (Lipinski definition) is 1. The lowest BCUT2D eigenvalue weighted by Crippen LogP contribution is -2.19. The van der Waals surface area contributed by atoms with E-state index in [1.165, 1.54) is 0 Å². The fourth-order valence-electron chi connectivity index (χ4n) is 1.29. The molecule has 1 atom stereocenters. The molecule has 0 aromatic rings. The van der Waals surface area contributed by atoms with Gasteiger partial charge in [0.25, 0.3) is 0 Å². The number of unbranched alkanes of at least 4 members (excludes halogenated alkanes) is 3. The van der Waals surface area contributed by atoms with Gasteiger partial charge in [0.05, 0.1) is 12.2 Å². The molecular weight excluding hydrogens is 195 g/mol. The molecule has 0 aliphatic heterocycles. The SMILES string of the molecule is CC(C)(C)OCCCCCCC(F)CO. The zero-order valence-corrected chi connectivity index (χ0v) is 10.3. The molecule has 92 valence electrons. The summed E-state index contributed by atoms with van der Waals surface area (Å²) in [4.78, 5) is 0. The summed E-state index contributed by atoms with van der Waals surface area (Å²) in [5.41, 5.74) is -0.0546. The maximum atomic E-state index is 12.6. The highest BCUT2D eigenvalue weighted by Crippen LogP contribution is 2.11. The third kappa shape index (κ3) is 11.8. The molecule has 2 nitrogen and oxygen atoms in total. The van der Waals surface area contributed by atoms with Crippen LogP contribution < -0.4 is 0 Å². The van der Waals surface area contributed by atoms with Crippen LogP contribution in [0.5, 0.6) is 0 Å². The van der Waals surface area contributed by atoms with Crippen LogP contribution in [-0.2, 0) is 4.74 Å². The van der Waals surface area contributed by atoms with Crippen molar-refractivity contribution >= 4 is 0 Å². The minimum atomic E-state index is -1.03. The number of aliphatic hydroxyl groups is 1. The Bertz CT molecular complexity index is 143. The van der Waals surface area contributed by atoms with E-state index in [0.29, 0.717) is 6.42 Å². The first-order valence-corrected chi connectivity index (χ1v) is 5.84. The van der Waals surface area contributed by atoms with E-state index in [1.54, 1.807) is 0 Å². The lowest BCUT2D eigenvalue weighted by atomic mass is 10.1. The third-order valence-corrected chi connectivity index (χ3v) is 2.14. The van der Waals surface area contributed by atoms with Crippen LogP contribution in [-0.4, -0.2) is 30.1 Å². The average molecular weight is 220 g/mol. The van der Waals surface area contributed by atoms with Crippen LogP contribution in [0.4, 0.5) is 4.39 Å². The van der Waals surface area contributed by atoms with E-state index in [2.05, 4.69) is 0 Å². The Hall–Kier alpha value is -0.150. The van der Waals surface area contributed by atoms with Crippen molar-refractivity contribution in [1.82, 2.24) is 0 Å². The molecule has 0 bridgehead atoms. The average Bonchev–Trinajstić information content (AvgIpc) is 2.14. The smallest absolute Gasteiger partial charge is 0.123 e. The second-order valence-electron chi connectivity index (χ2n) is 4.94. The van der Waals surface area contributed by atoms with Crippen molar-refractivity contribution in [3.8, 4) is 0 Å². The molecule has 0 heterocycles. The van der Waals surface area contributed by atoms with Gasteiger partial charge in [0.1, 0.15) is 6.17 Å². The van der Waals surface area contributed by atoms with E-state index in [0.717, 1.165) is 32.3 Å². The predicted octanol–water partition coefficient (Wildman–Crippen LogP) is 3.08. The topological polar surface area (TPSA) is 29.5 Å². The fraction of sp³-hybridized carbons (Fsp3) is 1.00. The molecule has 0 aliphatic carbocycles. The largest absolute Gasteiger partial charge is 0.393 e. The van der Waals surface area contributed by atoms with Gasteiger partial charge in [-0.1, -0.05) is 19.3 Å². The van der Waals surface area contributed by atoms with Gasteiger partial charge in [-0.3, -0.25) is 0 Å². The summed E-state index contributed by atoms with van der Waals surface area (Å²) in [7, 11) is 0. The predicted molar refractivity (Wildman–Crippen MR) is 60.8 cm³/mol. The summed E-state index contributed by atoms with van der Waals surface area (Å²) in [6, 6.07) is 0. The first-order chi connectivity index (χ1) is 6.95. The molecule has 15 heavy (non-hydrogen) atoms. The van der Waals surface area contributed by atoms with Gasteiger partial charge < -0.3 is 9.84 Å². The Kier molecular flexibility index (Phi) is 7.97. The van der Waals surface area contributed by atoms with Crippen molar-refractivity contribution in [1.29, 1.82) is 0 Å². The Morgan fingerprint density at radius 3 is 2.27 bits per heavy atom. The second kappa shape index (κ2) is 8.05. The fourth-order valence-corrected chi connectivity index (χ4v) is 1.29. The molecule has 0 aromatic carbocycles. The molecule has 0 aliphatic rings. The zero-order valence-electron chi connectivity index (χ0n) is 10.3. The monoisotopic (exact) mass is 220 g/mol. The zero-order chi connectivity index (χ0) is 11.7. The van der Waals surface area contributed by atoms with E-state index < -0.39 is 6.17 Å². The number of alkyl halides is 1. The van der Waals surface area contributed by atoms with Crippen LogP contribution in [0.2, 0.25) is 0 Å². The normalized spacial score (nSPS) is 14.2. The van der Waals surface area contributed by atoms with Crippen molar-refractivity contribution in [3.63, 3.8) is 0 Å². The Morgan fingerprint density at radius 1 is 1.13 bits per heavy atom. The number of aliphatic hydroxyl groups excluding tert-OH is 1. The van der Waals surface area contributed by atoms with Gasteiger partial charge in [-0.05, 0) is 33.6 Å². The van der Waals surface area contributed by atoms with Gasteiger partial charge in [0.15, 0.2) is 0 Å². The summed E-state index contributed by atoms with van der Waals surface area (Å²) in [6.07, 6.45) is 3.44. The highest BCUT2D eigenvalue weighted by molar-refractivity contribution is 4.58. The molecule has 1 unspecified atom stereocenters. The first kappa shape index (κ1) is 14.8. The molecule has 0 fully saturated rings. The number of hydrogen-bond acceptors (Lipinski definition) is 2. The van der Waals surface area contributed by atoms with E-state index in [9.17, 15) is 4.39 Å². The van der Waals surface area contributed by atoms with E-state index >= 15 is 0 Å². The van der Waals surface area contributed by atoms with Crippen LogP contribution in [0.3, 0.4) is 0 Å². The van der Waals surface area contributed by atoms with Gasteiger partial charge >= 0.3 is 0 Å². The summed E-state index contributed by atoms with van der Waals surface area (Å²) in [6.45, 7) is 6.57. The number of rotatable bonds is 8. The van der Waals surface area contributed by atoms with Crippen LogP contribution in [0.1, 0.15) is 52.9 Å². The molecule has 0 amide bonds. The number of halogens is 1. The van der Waals surface area contributed by atoms with Gasteiger partial charge in [-0.15, -0.1) is 0 Å². The van der Waals surface area contributed by atoms with Crippen molar-refractivity contribution in [2.45, 2.75) is 64.6 Å². The van der Waals surface area contributed by atoms with Gasteiger partial charge in [-0.25, -0.2) is 4.39 Å². The second-order valence-corrected chi connectivity index (χ2v) is 4.94. The van der Waals surface area contributed by atoms with E-state index in [-0.39, 0.29) is 12.2 Å². The molecule has 0 aromatic heterocycles. The molecule has 0 radical (unpaired) electrons. The molecule has 0 saturated carbocycles. The minimum absolute atomic E-state index is 0.0546. The maximum absolute atomic E-state index is 12.6. The van der Waals surface area contributed by atoms with Crippen molar-refractivity contribution in [2.24, 2.45) is 0 Å². The number of ether oxygens (including phenoxy) is 1. The molecule has 1 N–H and O–H groups in total. The highest BCUT2D eigenvalue weighted by Gasteiger charge is 2.08. The van der Waals surface area contributed by atoms with Crippen LogP contribution in [0.15, 0.2) is 0 Å². The van der Waals surface area contributed by atoms with Crippen LogP contribution in [0, 0.1) is 0 Å². The van der Waals surface area contributed by atoms with Crippen molar-refractivity contribution in [2.75, 3.05) is 13.2 Å². The van der Waals surface area contributed by atoms with E-state index in [1.807, 2.05) is 20.8 Å². The lowest BCUT2D eigenvalue weighted by molar-refractivity contribution is -0.00478. The third-order valence-electron chi connectivity index (χ3n) is 2.14. The summed E-state index contributed by atoms with van der Waals surface area (Å²) >= 11 is 0. The lowest BCUT2D eigenvalue weighted by Gasteiger charge is -2.19. The molecule has 0 rings (SSSR count). The Balaban J connectivity index is 3.12. The van der Waals surface area contributed by atoms with Gasteiger partial charge in [-0.2, -0.15) is 0 Å². The molecule has 3 heteroatoms. The highest BCUT2D eigenvalue weighted by atomic mass is 19.1. The van der Waals surface area contributed by atoms with Gasteiger partial charge in [0.2, 0.25) is 0 Å². The van der Waals surface area contributed by atoms with Crippen LogP contribution in [0.25, 0.3) is 0 Å². The summed E-state index contributed by atoms with van der Waals surface area (Å²) in [5.74, 6) is 0. The van der Waals surface area contributed by atoms with Crippen LogP contribution >= 0.6 is 0 Å². The Morgan fingerprint density at radius 2 is 1.73 bits per heavy atom. The first-order valence-electron chi connectivity index (χ1n) is 5.84. The quantitative estimate of drug-likeness (QED) is 0.637. The summed E-state index contributed by atoms with van der Waals surface area (Å²) in [5, 5.41) is 8.47. The molecule has 0 spiro atoms. The van der Waals surface area contributed by atoms with Gasteiger partial charge in [0, 0.05) is 6.61 Å².